The Balaban J connectivity index is 1.51. The van der Waals surface area contributed by atoms with E-state index >= 15 is 0 Å². The summed E-state index contributed by atoms with van der Waals surface area (Å²) < 4.78 is 40.3. The van der Waals surface area contributed by atoms with E-state index in [-0.39, 0.29) is 11.4 Å². The van der Waals surface area contributed by atoms with Crippen molar-refractivity contribution in [3.8, 4) is 11.5 Å². The molecule has 0 radical (unpaired) electrons. The number of nitrogens with one attached hydrogen (secondary N) is 1. The minimum absolute atomic E-state index is 0.0411. The molecule has 1 aliphatic heterocycles. The second-order valence-corrected chi connectivity index (χ2v) is 11.2. The average Bonchev–Trinajstić information content (AvgIpc) is 2.96. The van der Waals surface area contributed by atoms with Gasteiger partial charge in [0.25, 0.3) is 15.9 Å². The van der Waals surface area contributed by atoms with Crippen LogP contribution < -0.4 is 19.1 Å². The highest BCUT2D eigenvalue weighted by molar-refractivity contribution is 7.97. The summed E-state index contributed by atoms with van der Waals surface area (Å²) in [6.07, 6.45) is 4.21. The van der Waals surface area contributed by atoms with Crippen molar-refractivity contribution in [2.45, 2.75) is 19.9 Å². The van der Waals surface area contributed by atoms with Crippen molar-refractivity contribution in [1.82, 2.24) is 4.98 Å². The van der Waals surface area contributed by atoms with Gasteiger partial charge < -0.3 is 14.8 Å². The minimum Gasteiger partial charge on any atom is -0.493 e. The van der Waals surface area contributed by atoms with E-state index in [4.69, 9.17) is 9.47 Å². The van der Waals surface area contributed by atoms with Gasteiger partial charge in [0.05, 0.1) is 26.5 Å². The van der Waals surface area contributed by atoms with E-state index in [9.17, 15) is 13.2 Å². The van der Waals surface area contributed by atoms with Crippen LogP contribution in [0.1, 0.15) is 29.2 Å². The Morgan fingerprint density at radius 3 is 2.12 bits per heavy atom. The van der Waals surface area contributed by atoms with Crippen molar-refractivity contribution in [3.05, 3.63) is 118 Å². The van der Waals surface area contributed by atoms with Crippen LogP contribution in [-0.4, -0.2) is 33.5 Å². The lowest BCUT2D eigenvalue weighted by molar-refractivity contribution is -0.112. The Hall–Kier alpha value is -4.63. The van der Waals surface area contributed by atoms with E-state index < -0.39 is 15.9 Å². The van der Waals surface area contributed by atoms with Gasteiger partial charge in [0.2, 0.25) is 0 Å². The van der Waals surface area contributed by atoms with Crippen molar-refractivity contribution in [2.75, 3.05) is 23.8 Å². The molecule has 0 aliphatic carbocycles. The predicted molar refractivity (Wildman–Crippen MR) is 156 cm³/mol. The molecule has 0 saturated heterocycles. The third-order valence-electron chi connectivity index (χ3n) is 6.81. The number of pyridine rings is 1. The lowest BCUT2D eigenvalue weighted by atomic mass is 10.0. The Labute approximate surface area is 234 Å². The zero-order valence-corrected chi connectivity index (χ0v) is 23.2. The first-order valence-electron chi connectivity index (χ1n) is 12.6. The molecule has 1 aliphatic rings. The number of carbonyl (C=O) groups is 1. The average molecular weight is 556 g/mol. The molecule has 40 heavy (non-hydrogen) atoms. The van der Waals surface area contributed by atoms with Crippen molar-refractivity contribution >= 4 is 32.9 Å². The van der Waals surface area contributed by atoms with Gasteiger partial charge in [0, 0.05) is 29.7 Å². The molecule has 0 atom stereocenters. The minimum atomic E-state index is -4.24. The number of allylic oxidation sites excluding steroid dienone is 1. The quantitative estimate of drug-likeness (QED) is 0.312. The summed E-state index contributed by atoms with van der Waals surface area (Å²) >= 11 is 0. The van der Waals surface area contributed by atoms with Crippen molar-refractivity contribution in [3.63, 3.8) is 0 Å². The molecule has 8 nitrogen and oxygen atoms in total. The predicted octanol–water partition coefficient (Wildman–Crippen LogP) is 5.41. The maximum absolute atomic E-state index is 14.1. The van der Waals surface area contributed by atoms with Crippen LogP contribution in [-0.2, 0) is 27.8 Å². The molecule has 9 heteroatoms. The number of sulfonamides is 1. The van der Waals surface area contributed by atoms with Crippen LogP contribution >= 0.6 is 0 Å². The van der Waals surface area contributed by atoms with Crippen LogP contribution in [0.3, 0.4) is 0 Å². The van der Waals surface area contributed by atoms with E-state index in [2.05, 4.69) is 10.3 Å². The number of amides is 1. The molecule has 4 aromatic rings. The molecular formula is C31H29N3O5S. The van der Waals surface area contributed by atoms with E-state index in [0.717, 1.165) is 16.7 Å². The number of aromatic nitrogens is 1. The number of ether oxygens (including phenoxy) is 2. The van der Waals surface area contributed by atoms with Crippen LogP contribution in [0, 0.1) is 0 Å². The summed E-state index contributed by atoms with van der Waals surface area (Å²) in [5.74, 6) is 0.115. The molecule has 1 aromatic heterocycles. The summed E-state index contributed by atoms with van der Waals surface area (Å²) in [6.45, 7) is 1.67. The van der Waals surface area contributed by atoms with Crippen LogP contribution in [0.5, 0.6) is 11.5 Å². The first-order valence-corrected chi connectivity index (χ1v) is 14.1. The van der Waals surface area contributed by atoms with Gasteiger partial charge in [0.15, 0.2) is 16.4 Å². The summed E-state index contributed by atoms with van der Waals surface area (Å²) in [4.78, 5) is 17.3. The van der Waals surface area contributed by atoms with Crippen LogP contribution in [0.2, 0.25) is 0 Å². The number of hydrogen-bond acceptors (Lipinski definition) is 6. The summed E-state index contributed by atoms with van der Waals surface area (Å²) in [7, 11) is -1.24. The molecule has 1 N–H and O–H groups in total. The summed E-state index contributed by atoms with van der Waals surface area (Å²) in [6, 6.07) is 23.8. The molecule has 0 spiro atoms. The molecule has 0 saturated carbocycles. The number of fused-ring (bicyclic) bond motifs is 1. The highest BCUT2D eigenvalue weighted by atomic mass is 32.2. The van der Waals surface area contributed by atoms with Gasteiger partial charge >= 0.3 is 0 Å². The van der Waals surface area contributed by atoms with Crippen molar-refractivity contribution < 1.29 is 22.7 Å². The van der Waals surface area contributed by atoms with Crippen LogP contribution in [0.25, 0.3) is 5.57 Å². The van der Waals surface area contributed by atoms with Gasteiger partial charge in [-0.3, -0.25) is 14.1 Å². The zero-order chi connectivity index (χ0) is 28.3. The lowest BCUT2D eigenvalue weighted by Crippen LogP contribution is -2.39. The van der Waals surface area contributed by atoms with Gasteiger partial charge in [-0.2, -0.15) is 0 Å². The third kappa shape index (κ3) is 5.28. The number of hydrogen-bond donors (Lipinski definition) is 1. The number of carbonyl (C=O) groups excluding carboxylic acids is 1. The number of anilines is 2. The van der Waals surface area contributed by atoms with Crippen LogP contribution in [0.4, 0.5) is 11.4 Å². The second-order valence-electron chi connectivity index (χ2n) is 9.36. The van der Waals surface area contributed by atoms with Gasteiger partial charge in [-0.15, -0.1) is 0 Å². The maximum Gasteiger partial charge on any atom is 0.270 e. The topological polar surface area (TPSA) is 97.8 Å². The fraction of sp³-hybridized carbons (Fsp3) is 0.161. The molecule has 0 fully saturated rings. The first-order chi connectivity index (χ1) is 19.3. The van der Waals surface area contributed by atoms with Crippen LogP contribution in [0.15, 0.2) is 96.2 Å². The Morgan fingerprint density at radius 2 is 1.48 bits per heavy atom. The highest BCUT2D eigenvalue weighted by Crippen LogP contribution is 2.45. The lowest BCUT2D eigenvalue weighted by Gasteiger charge is -2.33. The Kier molecular flexibility index (Phi) is 7.57. The smallest absolute Gasteiger partial charge is 0.270 e. The maximum atomic E-state index is 14.1. The van der Waals surface area contributed by atoms with E-state index in [0.29, 0.717) is 40.4 Å². The first kappa shape index (κ1) is 27.0. The van der Waals surface area contributed by atoms with Gasteiger partial charge in [0.1, 0.15) is 0 Å². The fourth-order valence-corrected chi connectivity index (χ4v) is 6.50. The zero-order valence-electron chi connectivity index (χ0n) is 22.4. The molecule has 0 bridgehead atoms. The van der Waals surface area contributed by atoms with Crippen molar-refractivity contribution in [1.29, 1.82) is 0 Å². The standard InChI is InChI=1S/C31H29N3O5S/c1-21-26-18-28(38-2)29(39-3)19-27(26)34(20-24-7-5-4-6-8-24)40(36,37)30(21)31(35)33-25-11-9-22(10-12-25)17-23-13-15-32-16-14-23/h4-16,18-19H,17,20H2,1-3H3,(H,33,35). The van der Waals surface area contributed by atoms with E-state index in [1.165, 1.54) is 18.5 Å². The van der Waals surface area contributed by atoms with Gasteiger partial charge in [-0.1, -0.05) is 42.5 Å². The summed E-state index contributed by atoms with van der Waals surface area (Å²) in [5.41, 5.74) is 4.74. The number of methoxy groups -OCH3 is 2. The van der Waals surface area contributed by atoms with E-state index in [1.807, 2.05) is 54.6 Å². The molecule has 2 heterocycles. The molecular weight excluding hydrogens is 526 g/mol. The number of nitrogens with zero attached hydrogens (tertiary/aromatic N) is 2. The number of rotatable bonds is 8. The summed E-state index contributed by atoms with van der Waals surface area (Å²) in [5, 5.41) is 2.79. The van der Waals surface area contributed by atoms with E-state index in [1.54, 1.807) is 43.6 Å². The van der Waals surface area contributed by atoms with Crippen molar-refractivity contribution in [2.24, 2.45) is 0 Å². The Bertz CT molecular complexity index is 1670. The van der Waals surface area contributed by atoms with Gasteiger partial charge in [-0.25, -0.2) is 8.42 Å². The molecule has 204 valence electrons. The highest BCUT2D eigenvalue weighted by Gasteiger charge is 2.40. The molecule has 0 unspecified atom stereocenters. The molecule has 5 rings (SSSR count). The third-order valence-corrected chi connectivity index (χ3v) is 8.72. The largest absolute Gasteiger partial charge is 0.493 e. The normalized spacial score (nSPS) is 13.9. The fourth-order valence-electron chi connectivity index (χ4n) is 4.77. The Morgan fingerprint density at radius 1 is 0.850 bits per heavy atom. The second kappa shape index (κ2) is 11.2. The SMILES string of the molecule is COc1cc2c(cc1OC)N(Cc1ccccc1)S(=O)(=O)C(C(=O)Nc1ccc(Cc3ccncc3)cc1)=C2C. The number of benzene rings is 3. The molecule has 3 aromatic carbocycles. The van der Waals surface area contributed by atoms with Gasteiger partial charge in [-0.05, 0) is 65.9 Å². The monoisotopic (exact) mass is 555 g/mol. The molecule has 1 amide bonds.